The maximum Gasteiger partial charge on any atom is 0.261 e. The van der Waals surface area contributed by atoms with Gasteiger partial charge in [-0.15, -0.1) is 11.3 Å². The van der Waals surface area contributed by atoms with Gasteiger partial charge in [-0.1, -0.05) is 20.8 Å². The van der Waals surface area contributed by atoms with Gasteiger partial charge in [-0.05, 0) is 49.3 Å². The van der Waals surface area contributed by atoms with E-state index in [4.69, 9.17) is 4.74 Å². The van der Waals surface area contributed by atoms with Gasteiger partial charge in [0.25, 0.3) is 5.91 Å². The minimum Gasteiger partial charge on any atom is -0.383 e. The SMILES string of the molecule is COCCN(C)CCNC(=O)c1cc2c(s1)CCC(C(C)(C)C)C2. The Morgan fingerprint density at radius 1 is 1.42 bits per heavy atom. The summed E-state index contributed by atoms with van der Waals surface area (Å²) in [4.78, 5) is 16.8. The van der Waals surface area contributed by atoms with Crippen LogP contribution in [-0.2, 0) is 17.6 Å². The van der Waals surface area contributed by atoms with Crippen molar-refractivity contribution < 1.29 is 9.53 Å². The van der Waals surface area contributed by atoms with Crippen LogP contribution in [0.5, 0.6) is 0 Å². The lowest BCUT2D eigenvalue weighted by Crippen LogP contribution is -2.34. The molecule has 5 heteroatoms. The van der Waals surface area contributed by atoms with Crippen LogP contribution in [-0.4, -0.2) is 51.2 Å². The van der Waals surface area contributed by atoms with Crippen LogP contribution in [0.25, 0.3) is 0 Å². The van der Waals surface area contributed by atoms with Crippen LogP contribution in [0.4, 0.5) is 0 Å². The first-order chi connectivity index (χ1) is 11.3. The molecule has 1 aromatic heterocycles. The fourth-order valence-corrected chi connectivity index (χ4v) is 4.31. The van der Waals surface area contributed by atoms with E-state index in [0.717, 1.165) is 37.4 Å². The van der Waals surface area contributed by atoms with E-state index in [1.54, 1.807) is 18.4 Å². The summed E-state index contributed by atoms with van der Waals surface area (Å²) in [6.07, 6.45) is 3.47. The van der Waals surface area contributed by atoms with E-state index in [-0.39, 0.29) is 5.91 Å². The van der Waals surface area contributed by atoms with Gasteiger partial charge in [0.05, 0.1) is 11.5 Å². The maximum absolute atomic E-state index is 12.4. The molecule has 0 fully saturated rings. The van der Waals surface area contributed by atoms with Gasteiger partial charge >= 0.3 is 0 Å². The number of nitrogens with one attached hydrogen (secondary N) is 1. The van der Waals surface area contributed by atoms with Crippen molar-refractivity contribution in [2.45, 2.75) is 40.0 Å². The number of nitrogens with zero attached hydrogens (tertiary/aromatic N) is 1. The Morgan fingerprint density at radius 3 is 2.83 bits per heavy atom. The molecule has 1 unspecified atom stereocenters. The number of carbonyl (C=O) groups excluding carboxylic acids is 1. The molecule has 0 saturated heterocycles. The number of ether oxygens (including phenoxy) is 1. The maximum atomic E-state index is 12.4. The molecule has 1 aromatic rings. The van der Waals surface area contributed by atoms with Gasteiger partial charge in [-0.3, -0.25) is 4.79 Å². The number of amides is 1. The number of methoxy groups -OCH3 is 1. The Bertz CT molecular complexity index is 548. The zero-order chi connectivity index (χ0) is 17.7. The molecule has 0 aliphatic heterocycles. The van der Waals surface area contributed by atoms with Crippen molar-refractivity contribution in [2.75, 3.05) is 40.4 Å². The topological polar surface area (TPSA) is 41.6 Å². The smallest absolute Gasteiger partial charge is 0.261 e. The van der Waals surface area contributed by atoms with Gasteiger partial charge in [-0.2, -0.15) is 0 Å². The minimum absolute atomic E-state index is 0.0712. The fraction of sp³-hybridized carbons (Fsp3) is 0.737. The molecule has 4 nitrogen and oxygen atoms in total. The molecule has 1 heterocycles. The molecule has 1 aliphatic carbocycles. The zero-order valence-electron chi connectivity index (χ0n) is 15.8. The highest BCUT2D eigenvalue weighted by Crippen LogP contribution is 2.40. The second-order valence-corrected chi connectivity index (χ2v) is 9.05. The van der Waals surface area contributed by atoms with Crippen molar-refractivity contribution in [3.8, 4) is 0 Å². The largest absolute Gasteiger partial charge is 0.383 e. The molecule has 1 atom stereocenters. The van der Waals surface area contributed by atoms with Crippen LogP contribution in [0.15, 0.2) is 6.07 Å². The highest BCUT2D eigenvalue weighted by molar-refractivity contribution is 7.14. The van der Waals surface area contributed by atoms with Gasteiger partial charge in [0, 0.05) is 31.6 Å². The van der Waals surface area contributed by atoms with Crippen LogP contribution in [0.2, 0.25) is 0 Å². The summed E-state index contributed by atoms with van der Waals surface area (Å²) in [7, 11) is 3.75. The third-order valence-electron chi connectivity index (χ3n) is 4.99. The standard InChI is InChI=1S/C19H32N2O2S/c1-19(2,3)15-6-7-16-14(12-15)13-17(24-16)18(22)20-8-9-21(4)10-11-23-5/h13,15H,6-12H2,1-5H3,(H,20,22). The summed E-state index contributed by atoms with van der Waals surface area (Å²) in [5.74, 6) is 0.784. The number of aryl methyl sites for hydroxylation is 1. The number of hydrogen-bond donors (Lipinski definition) is 1. The lowest BCUT2D eigenvalue weighted by Gasteiger charge is -2.33. The summed E-state index contributed by atoms with van der Waals surface area (Å²) in [6, 6.07) is 2.13. The number of hydrogen-bond acceptors (Lipinski definition) is 4. The number of likely N-dealkylation sites (N-methyl/N-ethyl adjacent to an activating group) is 1. The molecule has 0 aromatic carbocycles. The highest BCUT2D eigenvalue weighted by Gasteiger charge is 2.30. The first kappa shape index (κ1) is 19.4. The Hall–Kier alpha value is -0.910. The predicted octanol–water partition coefficient (Wildman–Crippen LogP) is 3.21. The highest BCUT2D eigenvalue weighted by atomic mass is 32.1. The monoisotopic (exact) mass is 352 g/mol. The van der Waals surface area contributed by atoms with Crippen molar-refractivity contribution in [1.82, 2.24) is 10.2 Å². The van der Waals surface area contributed by atoms with E-state index in [1.165, 1.54) is 16.9 Å². The predicted molar refractivity (Wildman–Crippen MR) is 101 cm³/mol. The molecule has 0 radical (unpaired) electrons. The Labute approximate surface area is 150 Å². The number of thiophene rings is 1. The van der Waals surface area contributed by atoms with Gasteiger partial charge in [0.15, 0.2) is 0 Å². The quantitative estimate of drug-likeness (QED) is 0.819. The van der Waals surface area contributed by atoms with Crippen LogP contribution in [0.1, 0.15) is 47.3 Å². The molecule has 0 saturated carbocycles. The lowest BCUT2D eigenvalue weighted by atomic mass is 9.72. The molecule has 0 bridgehead atoms. The van der Waals surface area contributed by atoms with Crippen LogP contribution < -0.4 is 5.32 Å². The third kappa shape index (κ3) is 5.30. The Kier molecular flexibility index (Phi) is 6.84. The van der Waals surface area contributed by atoms with Gasteiger partial charge < -0.3 is 15.0 Å². The van der Waals surface area contributed by atoms with Crippen LogP contribution >= 0.6 is 11.3 Å². The molecule has 2 rings (SSSR count). The second kappa shape index (κ2) is 8.45. The second-order valence-electron chi connectivity index (χ2n) is 7.92. The van der Waals surface area contributed by atoms with Crippen molar-refractivity contribution in [3.05, 3.63) is 21.4 Å². The molecule has 1 amide bonds. The lowest BCUT2D eigenvalue weighted by molar-refractivity contribution is 0.0951. The number of fused-ring (bicyclic) bond motifs is 1. The fourth-order valence-electron chi connectivity index (χ4n) is 3.18. The summed E-state index contributed by atoms with van der Waals surface area (Å²) in [5.41, 5.74) is 1.74. The van der Waals surface area contributed by atoms with E-state index in [2.05, 4.69) is 37.1 Å². The zero-order valence-corrected chi connectivity index (χ0v) is 16.6. The van der Waals surface area contributed by atoms with Gasteiger partial charge in [-0.25, -0.2) is 0 Å². The first-order valence-corrected chi connectivity index (χ1v) is 9.70. The molecule has 1 aliphatic rings. The first-order valence-electron chi connectivity index (χ1n) is 8.88. The molecule has 24 heavy (non-hydrogen) atoms. The number of carbonyl (C=O) groups is 1. The van der Waals surface area contributed by atoms with Crippen LogP contribution in [0.3, 0.4) is 0 Å². The van der Waals surface area contributed by atoms with Crippen molar-refractivity contribution in [2.24, 2.45) is 11.3 Å². The third-order valence-corrected chi connectivity index (χ3v) is 6.22. The van der Waals surface area contributed by atoms with E-state index in [1.807, 2.05) is 7.05 Å². The van der Waals surface area contributed by atoms with Crippen molar-refractivity contribution in [1.29, 1.82) is 0 Å². The molecule has 0 spiro atoms. The van der Waals surface area contributed by atoms with Crippen LogP contribution in [0, 0.1) is 11.3 Å². The van der Waals surface area contributed by atoms with E-state index in [0.29, 0.717) is 17.9 Å². The Balaban J connectivity index is 1.85. The summed E-state index contributed by atoms with van der Waals surface area (Å²) < 4.78 is 5.06. The summed E-state index contributed by atoms with van der Waals surface area (Å²) in [6.45, 7) is 10.1. The average molecular weight is 353 g/mol. The minimum atomic E-state index is 0.0712. The van der Waals surface area contributed by atoms with Gasteiger partial charge in [0.1, 0.15) is 0 Å². The number of rotatable bonds is 7. The normalized spacial score (nSPS) is 17.8. The molecular weight excluding hydrogens is 320 g/mol. The molecule has 1 N–H and O–H groups in total. The Morgan fingerprint density at radius 2 is 2.17 bits per heavy atom. The summed E-state index contributed by atoms with van der Waals surface area (Å²) in [5, 5.41) is 3.05. The van der Waals surface area contributed by atoms with E-state index >= 15 is 0 Å². The van der Waals surface area contributed by atoms with E-state index in [9.17, 15) is 4.79 Å². The average Bonchev–Trinajstić information content (AvgIpc) is 2.95. The van der Waals surface area contributed by atoms with Gasteiger partial charge in [0.2, 0.25) is 0 Å². The molecule has 136 valence electrons. The van der Waals surface area contributed by atoms with Crippen molar-refractivity contribution in [3.63, 3.8) is 0 Å². The summed E-state index contributed by atoms with van der Waals surface area (Å²) >= 11 is 1.68. The van der Waals surface area contributed by atoms with Crippen molar-refractivity contribution >= 4 is 17.2 Å². The molecular formula is C19H32N2O2S. The van der Waals surface area contributed by atoms with E-state index < -0.39 is 0 Å².